The first-order chi connectivity index (χ1) is 8.29. The van der Waals surface area contributed by atoms with E-state index in [0.717, 1.165) is 0 Å². The molecule has 1 aromatic carbocycles. The standard InChI is InChI=1S/C11H11S2.ClHO4/c1-8-11(9(2)13-12-8)10-6-4-3-5-7-10;2-1(3,4)5/h3-7H,1-2H3;(H,2,3,4,5)/q+1;/p-1. The molecule has 0 aliphatic carbocycles. The molecule has 0 amide bonds. The lowest BCUT2D eigenvalue weighted by Gasteiger charge is -2.17. The fourth-order valence-electron chi connectivity index (χ4n) is 1.47. The van der Waals surface area contributed by atoms with Crippen molar-refractivity contribution in [2.24, 2.45) is 0 Å². The highest BCUT2D eigenvalue weighted by molar-refractivity contribution is 7.69. The topological polar surface area (TPSA) is 92.2 Å². The highest BCUT2D eigenvalue weighted by atomic mass is 35.7. The Balaban J connectivity index is 0.000000280. The largest absolute Gasteiger partial charge is 0.295 e. The number of rotatable bonds is 1. The molecule has 1 aromatic heterocycles. The summed E-state index contributed by atoms with van der Waals surface area (Å²) in [7, 11) is -1.21. The quantitative estimate of drug-likeness (QED) is 0.530. The second-order valence-corrected chi connectivity index (χ2v) is 6.71. The van der Waals surface area contributed by atoms with Gasteiger partial charge in [-0.25, -0.2) is 18.6 Å². The van der Waals surface area contributed by atoms with Crippen molar-refractivity contribution in [2.45, 2.75) is 13.8 Å². The van der Waals surface area contributed by atoms with Gasteiger partial charge in [-0.15, -0.1) is 10.2 Å². The molecule has 4 nitrogen and oxygen atoms in total. The Hall–Kier alpha value is -0.600. The Morgan fingerprint density at radius 2 is 1.50 bits per heavy atom. The van der Waals surface area contributed by atoms with Gasteiger partial charge >= 0.3 is 0 Å². The first-order valence-corrected chi connectivity index (χ1v) is 8.24. The van der Waals surface area contributed by atoms with Crippen molar-refractivity contribution in [3.05, 3.63) is 40.1 Å². The molecule has 0 radical (unpaired) electrons. The number of aryl methyl sites for hydroxylation is 2. The van der Waals surface area contributed by atoms with E-state index in [1.165, 1.54) is 20.9 Å². The lowest BCUT2D eigenvalue weighted by molar-refractivity contribution is -2.00. The van der Waals surface area contributed by atoms with E-state index < -0.39 is 10.2 Å². The summed E-state index contributed by atoms with van der Waals surface area (Å²) >= 11 is 0. The molecule has 0 N–H and O–H groups in total. The van der Waals surface area contributed by atoms with E-state index in [9.17, 15) is 0 Å². The fourth-order valence-corrected chi connectivity index (χ4v) is 3.74. The van der Waals surface area contributed by atoms with Gasteiger partial charge in [0.2, 0.25) is 4.88 Å². The molecule has 0 atom stereocenters. The normalized spacial score (nSPS) is 10.8. The first kappa shape index (κ1) is 15.5. The average molecular weight is 307 g/mol. The molecule has 18 heavy (non-hydrogen) atoms. The molecule has 0 saturated carbocycles. The summed E-state index contributed by atoms with van der Waals surface area (Å²) in [5.41, 5.74) is 2.77. The van der Waals surface area contributed by atoms with E-state index >= 15 is 0 Å². The van der Waals surface area contributed by atoms with E-state index in [1.54, 1.807) is 0 Å². The van der Waals surface area contributed by atoms with E-state index in [-0.39, 0.29) is 0 Å². The predicted octanol–water partition coefficient (Wildman–Crippen LogP) is -0.381. The van der Waals surface area contributed by atoms with Crippen molar-refractivity contribution in [3.63, 3.8) is 0 Å². The molecule has 0 bridgehead atoms. The second kappa shape index (κ2) is 6.53. The van der Waals surface area contributed by atoms with Gasteiger partial charge in [0.05, 0.1) is 10.4 Å². The summed E-state index contributed by atoms with van der Waals surface area (Å²) in [6.45, 7) is 4.38. The van der Waals surface area contributed by atoms with Crippen molar-refractivity contribution >= 4 is 20.7 Å². The summed E-state index contributed by atoms with van der Waals surface area (Å²) in [6.07, 6.45) is 0. The highest BCUT2D eigenvalue weighted by Crippen LogP contribution is 2.35. The van der Waals surface area contributed by atoms with Crippen LogP contribution in [0.25, 0.3) is 11.1 Å². The zero-order valence-electron chi connectivity index (χ0n) is 9.71. The van der Waals surface area contributed by atoms with Crippen molar-refractivity contribution in [3.8, 4) is 11.1 Å². The van der Waals surface area contributed by atoms with Crippen LogP contribution >= 0.6 is 20.7 Å². The summed E-state index contributed by atoms with van der Waals surface area (Å²) in [5.74, 6) is 0. The molecule has 0 aliphatic rings. The van der Waals surface area contributed by atoms with Crippen LogP contribution < -0.4 is 18.6 Å². The molecule has 7 heteroatoms. The maximum Gasteiger partial charge on any atom is 0.295 e. The van der Waals surface area contributed by atoms with Gasteiger partial charge in [0.15, 0.2) is 10.3 Å². The van der Waals surface area contributed by atoms with Gasteiger partial charge in [0.1, 0.15) is 0 Å². The molecule has 2 rings (SSSR count). The van der Waals surface area contributed by atoms with Gasteiger partial charge in [-0.1, -0.05) is 30.3 Å². The van der Waals surface area contributed by atoms with Gasteiger partial charge in [0, 0.05) is 6.92 Å². The van der Waals surface area contributed by atoms with Crippen molar-refractivity contribution in [1.82, 2.24) is 0 Å². The van der Waals surface area contributed by atoms with E-state index in [2.05, 4.69) is 44.2 Å². The molecular weight excluding hydrogens is 296 g/mol. The molecular formula is C11H11ClO4S2. The maximum atomic E-state index is 8.49. The van der Waals surface area contributed by atoms with E-state index in [1.807, 2.05) is 20.7 Å². The number of hydrogen-bond donors (Lipinski definition) is 0. The zero-order valence-corrected chi connectivity index (χ0v) is 12.1. The van der Waals surface area contributed by atoms with Crippen LogP contribution in [0, 0.1) is 24.1 Å². The summed E-state index contributed by atoms with van der Waals surface area (Å²) in [4.78, 5) is 2.85. The van der Waals surface area contributed by atoms with Crippen LogP contribution in [0.5, 0.6) is 0 Å². The Bertz CT molecular complexity index is 468. The van der Waals surface area contributed by atoms with Crippen LogP contribution in [-0.2, 0) is 0 Å². The Morgan fingerprint density at radius 3 is 1.89 bits per heavy atom. The molecule has 1 heterocycles. The van der Waals surface area contributed by atoms with Gasteiger partial charge < -0.3 is 0 Å². The highest BCUT2D eigenvalue weighted by Gasteiger charge is 2.17. The van der Waals surface area contributed by atoms with Gasteiger partial charge in [-0.05, 0) is 12.5 Å². The van der Waals surface area contributed by atoms with Gasteiger partial charge in [0.25, 0.3) is 10.3 Å². The Morgan fingerprint density at radius 1 is 1.00 bits per heavy atom. The van der Waals surface area contributed by atoms with Crippen molar-refractivity contribution in [1.29, 1.82) is 0 Å². The molecule has 0 saturated heterocycles. The number of halogens is 1. The fraction of sp³-hybridized carbons (Fsp3) is 0.182. The third kappa shape index (κ3) is 5.36. The van der Waals surface area contributed by atoms with Crippen molar-refractivity contribution < 1.29 is 28.9 Å². The van der Waals surface area contributed by atoms with E-state index in [4.69, 9.17) is 18.6 Å². The van der Waals surface area contributed by atoms with Crippen LogP contribution in [-0.4, -0.2) is 0 Å². The molecule has 98 valence electrons. The average Bonchev–Trinajstić information content (AvgIpc) is 2.57. The minimum absolute atomic E-state index is 1.34. The number of hydrogen-bond acceptors (Lipinski definition) is 5. The minimum Gasteiger partial charge on any atom is -0.222 e. The summed E-state index contributed by atoms with van der Waals surface area (Å²) in [5, 5.41) is 0. The second-order valence-electron chi connectivity index (χ2n) is 3.40. The lowest BCUT2D eigenvalue weighted by atomic mass is 10.1. The van der Waals surface area contributed by atoms with Crippen molar-refractivity contribution in [2.75, 3.05) is 0 Å². The third-order valence-corrected chi connectivity index (χ3v) is 4.80. The maximum absolute atomic E-state index is 8.49. The van der Waals surface area contributed by atoms with Crippen LogP contribution in [0.4, 0.5) is 0 Å². The van der Waals surface area contributed by atoms with E-state index in [0.29, 0.717) is 0 Å². The molecule has 0 spiro atoms. The minimum atomic E-state index is -4.94. The summed E-state index contributed by atoms with van der Waals surface area (Å²) < 4.78 is 34.0. The molecule has 0 unspecified atom stereocenters. The Labute approximate surface area is 115 Å². The smallest absolute Gasteiger partial charge is 0.222 e. The van der Waals surface area contributed by atoms with Crippen LogP contribution in [0.2, 0.25) is 0 Å². The lowest BCUT2D eigenvalue weighted by Crippen LogP contribution is -2.68. The van der Waals surface area contributed by atoms with Crippen LogP contribution in [0.15, 0.2) is 30.3 Å². The molecule has 0 fully saturated rings. The molecule has 2 aromatic rings. The van der Waals surface area contributed by atoms with Crippen LogP contribution in [0.1, 0.15) is 9.75 Å². The predicted molar refractivity (Wildman–Crippen MR) is 61.5 cm³/mol. The Kier molecular flexibility index (Phi) is 5.61. The zero-order chi connectivity index (χ0) is 13.8. The first-order valence-electron chi connectivity index (χ1n) is 4.85. The van der Waals surface area contributed by atoms with Crippen LogP contribution in [0.3, 0.4) is 0 Å². The van der Waals surface area contributed by atoms with Gasteiger partial charge in [-0.3, -0.25) is 0 Å². The molecule has 0 aliphatic heterocycles. The van der Waals surface area contributed by atoms with Gasteiger partial charge in [-0.2, -0.15) is 0 Å². The monoisotopic (exact) mass is 306 g/mol. The SMILES string of the molecule is Cc1s[s+]c(C)c1-c1ccccc1.[O-][Cl+3]([O-])([O-])[O-]. The number of benzene rings is 1. The third-order valence-electron chi connectivity index (χ3n) is 2.06. The summed E-state index contributed by atoms with van der Waals surface area (Å²) in [6, 6.07) is 10.6.